The molecule has 0 radical (unpaired) electrons. The molecule has 0 aliphatic carbocycles. The van der Waals surface area contributed by atoms with E-state index in [4.69, 9.17) is 24.4 Å². The third-order valence-electron chi connectivity index (χ3n) is 3.62. The molecule has 1 aromatic heterocycles. The maximum absolute atomic E-state index is 12.6. The van der Waals surface area contributed by atoms with Crippen molar-refractivity contribution < 1.29 is 28.2 Å². The number of nitrogens with two attached hydrogens (primary N) is 1. The Morgan fingerprint density at radius 3 is 2.27 bits per heavy atom. The highest BCUT2D eigenvalue weighted by molar-refractivity contribution is 5.95. The van der Waals surface area contributed by atoms with Crippen LogP contribution < -0.4 is 25.3 Å². The van der Waals surface area contributed by atoms with Gasteiger partial charge in [-0.15, -0.1) is 0 Å². The highest BCUT2D eigenvalue weighted by Gasteiger charge is 2.20. The van der Waals surface area contributed by atoms with Gasteiger partial charge in [0.1, 0.15) is 11.5 Å². The second-order valence-corrected chi connectivity index (χ2v) is 5.61. The van der Waals surface area contributed by atoms with Crippen LogP contribution in [0.2, 0.25) is 0 Å². The second kappa shape index (κ2) is 8.28. The van der Waals surface area contributed by atoms with Gasteiger partial charge in [0.15, 0.2) is 18.1 Å². The summed E-state index contributed by atoms with van der Waals surface area (Å²) < 4.78 is 21.3. The fraction of sp³-hybridized carbons (Fsp3) is 0.333. The van der Waals surface area contributed by atoms with Crippen molar-refractivity contribution in [2.24, 2.45) is 5.73 Å². The number of aryl methyl sites for hydroxylation is 1. The summed E-state index contributed by atoms with van der Waals surface area (Å²) in [4.78, 5) is 23.5. The van der Waals surface area contributed by atoms with Crippen LogP contribution in [0.1, 0.15) is 34.8 Å². The number of furan rings is 1. The van der Waals surface area contributed by atoms with Crippen LogP contribution in [0.3, 0.4) is 0 Å². The molecule has 1 heterocycles. The van der Waals surface area contributed by atoms with Crippen LogP contribution in [0.15, 0.2) is 28.7 Å². The minimum absolute atomic E-state index is 0.194. The summed E-state index contributed by atoms with van der Waals surface area (Å²) in [7, 11) is 2.84. The van der Waals surface area contributed by atoms with E-state index in [1.165, 1.54) is 26.4 Å². The zero-order valence-corrected chi connectivity index (χ0v) is 15.1. The molecule has 2 amide bonds. The van der Waals surface area contributed by atoms with E-state index in [-0.39, 0.29) is 35.8 Å². The van der Waals surface area contributed by atoms with E-state index < -0.39 is 5.91 Å². The minimum atomic E-state index is -0.640. The van der Waals surface area contributed by atoms with E-state index in [1.807, 2.05) is 26.0 Å². The lowest BCUT2D eigenvalue weighted by Crippen LogP contribution is -2.26. The maximum atomic E-state index is 12.6. The Kier molecular flexibility index (Phi) is 6.11. The van der Waals surface area contributed by atoms with Crippen LogP contribution in [0.25, 0.3) is 0 Å². The fourth-order valence-electron chi connectivity index (χ4n) is 2.33. The van der Waals surface area contributed by atoms with E-state index in [9.17, 15) is 9.59 Å². The first-order chi connectivity index (χ1) is 12.3. The first kappa shape index (κ1) is 19.2. The molecule has 0 aliphatic heterocycles. The summed E-state index contributed by atoms with van der Waals surface area (Å²) in [5.41, 5.74) is 5.40. The Hall–Kier alpha value is -3.16. The quantitative estimate of drug-likeness (QED) is 0.742. The molecule has 2 rings (SSSR count). The normalized spacial score (nSPS) is 11.5. The molecule has 0 fully saturated rings. The number of carbonyl (C=O) groups is 2. The van der Waals surface area contributed by atoms with Crippen molar-refractivity contribution in [3.8, 4) is 17.2 Å². The summed E-state index contributed by atoms with van der Waals surface area (Å²) in [5.74, 6) is 1.12. The zero-order chi connectivity index (χ0) is 19.3. The van der Waals surface area contributed by atoms with Crippen molar-refractivity contribution in [2.75, 3.05) is 20.8 Å². The molecule has 2 aromatic rings. The lowest BCUT2D eigenvalue weighted by atomic mass is 10.1. The van der Waals surface area contributed by atoms with Gasteiger partial charge in [-0.3, -0.25) is 9.59 Å². The third-order valence-corrected chi connectivity index (χ3v) is 3.62. The molecule has 0 spiro atoms. The molecule has 0 bridgehead atoms. The molecular formula is C18H22N2O6. The van der Waals surface area contributed by atoms with Crippen LogP contribution in [0, 0.1) is 6.92 Å². The van der Waals surface area contributed by atoms with Crippen molar-refractivity contribution >= 4 is 11.8 Å². The van der Waals surface area contributed by atoms with Gasteiger partial charge in [-0.1, -0.05) is 0 Å². The molecule has 0 saturated heterocycles. The van der Waals surface area contributed by atoms with E-state index in [1.54, 1.807) is 0 Å². The van der Waals surface area contributed by atoms with E-state index in [2.05, 4.69) is 5.32 Å². The molecular weight excluding hydrogens is 340 g/mol. The molecule has 3 N–H and O–H groups in total. The van der Waals surface area contributed by atoms with Gasteiger partial charge in [-0.25, -0.2) is 0 Å². The van der Waals surface area contributed by atoms with E-state index >= 15 is 0 Å². The minimum Gasteiger partial charge on any atom is -0.493 e. The molecule has 1 atom stereocenters. The summed E-state index contributed by atoms with van der Waals surface area (Å²) in [6.07, 6.45) is 0. The Balaban J connectivity index is 2.25. The number of ether oxygens (including phenoxy) is 3. The molecule has 8 nitrogen and oxygen atoms in total. The third kappa shape index (κ3) is 4.47. The summed E-state index contributed by atoms with van der Waals surface area (Å²) in [6.45, 7) is 3.31. The lowest BCUT2D eigenvalue weighted by molar-refractivity contribution is -0.120. The second-order valence-electron chi connectivity index (χ2n) is 5.61. The number of carbonyl (C=O) groups excluding carboxylic acids is 2. The Labute approximate surface area is 151 Å². The summed E-state index contributed by atoms with van der Waals surface area (Å²) >= 11 is 0. The number of nitrogens with one attached hydrogen (secondary N) is 1. The van der Waals surface area contributed by atoms with E-state index in [0.29, 0.717) is 11.3 Å². The fourth-order valence-corrected chi connectivity index (χ4v) is 2.33. The van der Waals surface area contributed by atoms with Crippen molar-refractivity contribution in [3.63, 3.8) is 0 Å². The highest BCUT2D eigenvalue weighted by atomic mass is 16.5. The standard InChI is InChI=1S/C18H22N2O6/c1-10-5-6-13(26-10)11(2)20-18(22)12-7-14(23-3)17(15(8-12)24-4)25-9-16(19)21/h5-8,11H,9H2,1-4H3,(H2,19,21)(H,20,22). The summed E-state index contributed by atoms with van der Waals surface area (Å²) in [6, 6.07) is 6.30. The van der Waals surface area contributed by atoms with Crippen LogP contribution in [-0.2, 0) is 4.79 Å². The predicted molar refractivity (Wildman–Crippen MR) is 93.6 cm³/mol. The number of amides is 2. The molecule has 140 valence electrons. The van der Waals surface area contributed by atoms with Gasteiger partial charge in [0.05, 0.1) is 20.3 Å². The van der Waals surface area contributed by atoms with Crippen molar-refractivity contribution in [3.05, 3.63) is 41.3 Å². The largest absolute Gasteiger partial charge is 0.493 e. The number of hydrogen-bond acceptors (Lipinski definition) is 6. The molecule has 1 unspecified atom stereocenters. The number of primary amides is 1. The molecule has 0 saturated carbocycles. The van der Waals surface area contributed by atoms with Crippen LogP contribution in [-0.4, -0.2) is 32.6 Å². The molecule has 1 aromatic carbocycles. The average Bonchev–Trinajstić information content (AvgIpc) is 3.05. The van der Waals surface area contributed by atoms with Crippen molar-refractivity contribution in [1.29, 1.82) is 0 Å². The average molecular weight is 362 g/mol. The number of rotatable bonds is 8. The molecule has 8 heteroatoms. The van der Waals surface area contributed by atoms with Gasteiger partial charge >= 0.3 is 0 Å². The monoisotopic (exact) mass is 362 g/mol. The Morgan fingerprint density at radius 2 is 1.81 bits per heavy atom. The van der Waals surface area contributed by atoms with Gasteiger partial charge in [-0.05, 0) is 38.1 Å². The van der Waals surface area contributed by atoms with Gasteiger partial charge in [0.2, 0.25) is 5.75 Å². The van der Waals surface area contributed by atoms with E-state index in [0.717, 1.165) is 5.76 Å². The maximum Gasteiger partial charge on any atom is 0.255 e. The highest BCUT2D eigenvalue weighted by Crippen LogP contribution is 2.38. The van der Waals surface area contributed by atoms with Gasteiger partial charge < -0.3 is 29.7 Å². The van der Waals surface area contributed by atoms with Crippen molar-refractivity contribution in [2.45, 2.75) is 19.9 Å². The molecule has 0 aliphatic rings. The van der Waals surface area contributed by atoms with Crippen molar-refractivity contribution in [1.82, 2.24) is 5.32 Å². The zero-order valence-electron chi connectivity index (χ0n) is 15.1. The smallest absolute Gasteiger partial charge is 0.255 e. The number of methoxy groups -OCH3 is 2. The number of hydrogen-bond donors (Lipinski definition) is 2. The summed E-state index contributed by atoms with van der Waals surface area (Å²) in [5, 5.41) is 2.84. The molecule has 26 heavy (non-hydrogen) atoms. The topological polar surface area (TPSA) is 113 Å². The Bertz CT molecular complexity index is 774. The first-order valence-electron chi connectivity index (χ1n) is 7.90. The van der Waals surface area contributed by atoms with Crippen LogP contribution in [0.5, 0.6) is 17.2 Å². The predicted octanol–water partition coefficient (Wildman–Crippen LogP) is 1.96. The van der Waals surface area contributed by atoms with Gasteiger partial charge in [0, 0.05) is 5.56 Å². The number of benzene rings is 1. The first-order valence-corrected chi connectivity index (χ1v) is 7.90. The van der Waals surface area contributed by atoms with Crippen LogP contribution >= 0.6 is 0 Å². The van der Waals surface area contributed by atoms with Crippen LogP contribution in [0.4, 0.5) is 0 Å². The Morgan fingerprint density at radius 1 is 1.19 bits per heavy atom. The van der Waals surface area contributed by atoms with Gasteiger partial charge in [0.25, 0.3) is 11.8 Å². The lowest BCUT2D eigenvalue weighted by Gasteiger charge is -2.16. The SMILES string of the molecule is COc1cc(C(=O)NC(C)c2ccc(C)o2)cc(OC)c1OCC(N)=O. The van der Waals surface area contributed by atoms with Gasteiger partial charge in [-0.2, -0.15) is 0 Å².